The molecule has 1 heterocycles. The minimum absolute atomic E-state index is 0.0888. The first-order valence-corrected chi connectivity index (χ1v) is 10.9. The molecule has 0 fully saturated rings. The Morgan fingerprint density at radius 2 is 1.96 bits per heavy atom. The van der Waals surface area contributed by atoms with Crippen molar-refractivity contribution in [3.8, 4) is 0 Å². The molecule has 0 spiro atoms. The van der Waals surface area contributed by atoms with Crippen LogP contribution in [0.5, 0.6) is 0 Å². The maximum Gasteiger partial charge on any atom is 0.240 e. The summed E-state index contributed by atoms with van der Waals surface area (Å²) in [5, 5.41) is 2.96. The zero-order valence-corrected chi connectivity index (χ0v) is 16.2. The van der Waals surface area contributed by atoms with E-state index in [-0.39, 0.29) is 16.1 Å². The number of rotatable bonds is 6. The highest BCUT2D eigenvalue weighted by Gasteiger charge is 2.22. The van der Waals surface area contributed by atoms with E-state index in [1.807, 2.05) is 37.3 Å². The van der Waals surface area contributed by atoms with Crippen molar-refractivity contribution in [1.82, 2.24) is 4.72 Å². The average molecular weight is 391 g/mol. The van der Waals surface area contributed by atoms with Crippen LogP contribution in [0.25, 0.3) is 0 Å². The van der Waals surface area contributed by atoms with Crippen molar-refractivity contribution < 1.29 is 13.2 Å². The Morgan fingerprint density at radius 3 is 2.73 bits per heavy atom. The first-order chi connectivity index (χ1) is 12.4. The van der Waals surface area contributed by atoms with Crippen molar-refractivity contribution in [1.29, 1.82) is 0 Å². The number of hydrogen-bond acceptors (Lipinski definition) is 4. The van der Waals surface area contributed by atoms with Crippen LogP contribution in [0, 0.1) is 0 Å². The van der Waals surface area contributed by atoms with Crippen molar-refractivity contribution in [2.45, 2.75) is 41.2 Å². The second-order valence-corrected chi connectivity index (χ2v) is 9.57. The highest BCUT2D eigenvalue weighted by atomic mass is 32.2. The molecule has 1 unspecified atom stereocenters. The summed E-state index contributed by atoms with van der Waals surface area (Å²) in [6, 6.07) is 14.9. The lowest BCUT2D eigenvalue weighted by atomic mass is 10.1. The van der Waals surface area contributed by atoms with Crippen molar-refractivity contribution in [3.05, 3.63) is 54.1 Å². The number of amides is 1. The average Bonchev–Trinajstić information content (AvgIpc) is 2.75. The molecule has 7 heteroatoms. The number of carbonyl (C=O) groups excluding carboxylic acids is 1. The van der Waals surface area contributed by atoms with E-state index in [4.69, 9.17) is 0 Å². The van der Waals surface area contributed by atoms with Crippen LogP contribution in [0.15, 0.2) is 58.3 Å². The Bertz CT molecular complexity index is 883. The molecule has 1 aliphatic rings. The minimum Gasteiger partial charge on any atom is -0.325 e. The van der Waals surface area contributed by atoms with E-state index in [1.165, 1.54) is 11.6 Å². The molecule has 0 radical (unpaired) electrons. The third-order valence-electron chi connectivity index (χ3n) is 4.11. The standard InChI is InChI=1S/C19H22N2O3S2/c1-14-12-19(22)21-17-13-16(9-10-18(17)25-14)26(23,24)20-11-5-8-15-6-3-2-4-7-15/h2-4,6-7,9-10,13-14,20H,5,8,11-12H2,1H3,(H,21,22). The summed E-state index contributed by atoms with van der Waals surface area (Å²) in [6.07, 6.45) is 1.95. The van der Waals surface area contributed by atoms with Gasteiger partial charge in [0.2, 0.25) is 15.9 Å². The molecule has 0 aliphatic carbocycles. The van der Waals surface area contributed by atoms with Crippen LogP contribution in [0.3, 0.4) is 0 Å². The molecule has 0 saturated heterocycles. The number of benzene rings is 2. The maximum absolute atomic E-state index is 12.5. The molecule has 1 amide bonds. The number of carbonyl (C=O) groups is 1. The first kappa shape index (κ1) is 18.9. The number of fused-ring (bicyclic) bond motifs is 1. The van der Waals surface area contributed by atoms with Crippen molar-refractivity contribution >= 4 is 33.4 Å². The Morgan fingerprint density at radius 1 is 1.19 bits per heavy atom. The van der Waals surface area contributed by atoms with Gasteiger partial charge in [0, 0.05) is 23.1 Å². The largest absolute Gasteiger partial charge is 0.325 e. The van der Waals surface area contributed by atoms with E-state index in [0.717, 1.165) is 17.7 Å². The number of hydrogen-bond donors (Lipinski definition) is 2. The topological polar surface area (TPSA) is 75.3 Å². The van der Waals surface area contributed by atoms with E-state index in [2.05, 4.69) is 10.0 Å². The van der Waals surface area contributed by atoms with E-state index in [0.29, 0.717) is 18.7 Å². The first-order valence-electron chi connectivity index (χ1n) is 8.58. The van der Waals surface area contributed by atoms with Gasteiger partial charge in [-0.25, -0.2) is 13.1 Å². The van der Waals surface area contributed by atoms with Crippen LogP contribution in [-0.4, -0.2) is 26.1 Å². The van der Waals surface area contributed by atoms with Gasteiger partial charge in [0.25, 0.3) is 0 Å². The second kappa shape index (κ2) is 8.24. The summed E-state index contributed by atoms with van der Waals surface area (Å²) >= 11 is 1.58. The summed E-state index contributed by atoms with van der Waals surface area (Å²) in [5.74, 6) is -0.0888. The highest BCUT2D eigenvalue weighted by molar-refractivity contribution is 8.00. The van der Waals surface area contributed by atoms with Gasteiger partial charge in [0.15, 0.2) is 0 Å². The zero-order valence-electron chi connectivity index (χ0n) is 14.6. The summed E-state index contributed by atoms with van der Waals surface area (Å²) in [6.45, 7) is 2.35. The fraction of sp³-hybridized carbons (Fsp3) is 0.316. The second-order valence-electron chi connectivity index (χ2n) is 6.33. The molecule has 0 aromatic heterocycles. The molecule has 0 saturated carbocycles. The molecule has 5 nitrogen and oxygen atoms in total. The van der Waals surface area contributed by atoms with Gasteiger partial charge in [0.05, 0.1) is 10.6 Å². The molecule has 0 bridgehead atoms. The number of thioether (sulfide) groups is 1. The van der Waals surface area contributed by atoms with Crippen LogP contribution in [0.1, 0.15) is 25.3 Å². The minimum atomic E-state index is -3.60. The van der Waals surface area contributed by atoms with Crippen LogP contribution < -0.4 is 10.0 Å². The Labute approximate surface area is 158 Å². The van der Waals surface area contributed by atoms with Gasteiger partial charge < -0.3 is 5.32 Å². The third-order valence-corrected chi connectivity index (χ3v) is 6.75. The van der Waals surface area contributed by atoms with Crippen molar-refractivity contribution in [2.24, 2.45) is 0 Å². The smallest absolute Gasteiger partial charge is 0.240 e. The SMILES string of the molecule is CC1CC(=O)Nc2cc(S(=O)(=O)NCCCc3ccccc3)ccc2S1. The van der Waals surface area contributed by atoms with E-state index >= 15 is 0 Å². The molecule has 2 aromatic rings. The third kappa shape index (κ3) is 4.87. The monoisotopic (exact) mass is 390 g/mol. The fourth-order valence-electron chi connectivity index (χ4n) is 2.82. The Balaban J connectivity index is 1.65. The molecule has 26 heavy (non-hydrogen) atoms. The summed E-state index contributed by atoms with van der Waals surface area (Å²) in [4.78, 5) is 12.9. The lowest BCUT2D eigenvalue weighted by Crippen LogP contribution is -2.25. The molecule has 138 valence electrons. The van der Waals surface area contributed by atoms with Crippen molar-refractivity contribution in [3.63, 3.8) is 0 Å². The van der Waals surface area contributed by atoms with Gasteiger partial charge in [-0.1, -0.05) is 37.3 Å². The predicted octanol–water partition coefficient (Wildman–Crippen LogP) is 3.42. The number of aryl methyl sites for hydroxylation is 1. The van der Waals surface area contributed by atoms with Crippen LogP contribution in [0.2, 0.25) is 0 Å². The van der Waals surface area contributed by atoms with Crippen LogP contribution in [0.4, 0.5) is 5.69 Å². The Kier molecular flexibility index (Phi) is 6.01. The molecular weight excluding hydrogens is 368 g/mol. The number of sulfonamides is 1. The van der Waals surface area contributed by atoms with Gasteiger partial charge in [-0.3, -0.25) is 4.79 Å². The molecule has 1 atom stereocenters. The normalized spacial score (nSPS) is 17.3. The quantitative estimate of drug-likeness (QED) is 0.741. The maximum atomic E-state index is 12.5. The number of nitrogens with one attached hydrogen (secondary N) is 2. The van der Waals surface area contributed by atoms with Crippen LogP contribution in [-0.2, 0) is 21.2 Å². The molecule has 2 aromatic carbocycles. The van der Waals surface area contributed by atoms with Gasteiger partial charge in [0.1, 0.15) is 0 Å². The zero-order chi connectivity index (χ0) is 18.6. The summed E-state index contributed by atoms with van der Waals surface area (Å²) < 4.78 is 27.7. The lowest BCUT2D eigenvalue weighted by molar-refractivity contribution is -0.116. The molecule has 1 aliphatic heterocycles. The predicted molar refractivity (Wildman–Crippen MR) is 105 cm³/mol. The van der Waals surface area contributed by atoms with Gasteiger partial charge >= 0.3 is 0 Å². The van der Waals surface area contributed by atoms with E-state index in [1.54, 1.807) is 23.9 Å². The lowest BCUT2D eigenvalue weighted by Gasteiger charge is -2.11. The van der Waals surface area contributed by atoms with E-state index < -0.39 is 10.0 Å². The van der Waals surface area contributed by atoms with Gasteiger partial charge in [-0.2, -0.15) is 0 Å². The fourth-order valence-corrected chi connectivity index (χ4v) is 4.98. The van der Waals surface area contributed by atoms with Crippen molar-refractivity contribution in [2.75, 3.05) is 11.9 Å². The number of anilines is 1. The molecule has 2 N–H and O–H groups in total. The van der Waals surface area contributed by atoms with E-state index in [9.17, 15) is 13.2 Å². The van der Waals surface area contributed by atoms with Gasteiger partial charge in [-0.05, 0) is 36.6 Å². The summed E-state index contributed by atoms with van der Waals surface area (Å²) in [7, 11) is -3.60. The Hall–Kier alpha value is -1.83. The van der Waals surface area contributed by atoms with Gasteiger partial charge in [-0.15, -0.1) is 11.8 Å². The molecular formula is C19H22N2O3S2. The molecule has 3 rings (SSSR count). The highest BCUT2D eigenvalue weighted by Crippen LogP contribution is 2.36. The summed E-state index contributed by atoms with van der Waals surface area (Å²) in [5.41, 5.74) is 1.75. The van der Waals surface area contributed by atoms with Crippen LogP contribution >= 0.6 is 11.8 Å².